The molecule has 0 radical (unpaired) electrons. The van der Waals surface area contributed by atoms with E-state index in [-0.39, 0.29) is 33.4 Å². The van der Waals surface area contributed by atoms with Crippen LogP contribution in [-0.4, -0.2) is 43.8 Å². The zero-order valence-corrected chi connectivity index (χ0v) is 22.0. The van der Waals surface area contributed by atoms with Crippen LogP contribution in [0.15, 0.2) is 32.3 Å². The molecule has 0 bridgehead atoms. The maximum absolute atomic E-state index is 13.3. The molecule has 0 fully saturated rings. The highest BCUT2D eigenvalue weighted by molar-refractivity contribution is 7.92. The van der Waals surface area contributed by atoms with Crippen LogP contribution in [0.2, 0.25) is 0 Å². The van der Waals surface area contributed by atoms with E-state index in [9.17, 15) is 26.7 Å². The minimum atomic E-state index is -4.32. The van der Waals surface area contributed by atoms with E-state index in [4.69, 9.17) is 0 Å². The Morgan fingerprint density at radius 2 is 1.80 bits per heavy atom. The van der Waals surface area contributed by atoms with Crippen molar-refractivity contribution in [2.45, 2.75) is 58.4 Å². The summed E-state index contributed by atoms with van der Waals surface area (Å²) in [5.41, 5.74) is -0.486. The molecule has 192 valence electrons. The fourth-order valence-corrected chi connectivity index (χ4v) is 5.20. The van der Waals surface area contributed by atoms with Gasteiger partial charge in [0.15, 0.2) is 11.6 Å². The molecule has 2 heterocycles. The van der Waals surface area contributed by atoms with Gasteiger partial charge in [0.1, 0.15) is 16.2 Å². The van der Waals surface area contributed by atoms with Crippen LogP contribution < -0.4 is 15.6 Å². The summed E-state index contributed by atoms with van der Waals surface area (Å²) < 4.78 is 56.2. The Morgan fingerprint density at radius 3 is 2.40 bits per heavy atom. The van der Waals surface area contributed by atoms with Gasteiger partial charge in [-0.3, -0.25) is 9.52 Å². The molecule has 0 saturated carbocycles. The van der Waals surface area contributed by atoms with Gasteiger partial charge < -0.3 is 10.4 Å². The highest BCUT2D eigenvalue weighted by Gasteiger charge is 2.30. The summed E-state index contributed by atoms with van der Waals surface area (Å²) in [6.45, 7) is 8.37. The van der Waals surface area contributed by atoms with Crippen LogP contribution in [0.1, 0.15) is 51.8 Å². The number of benzene rings is 1. The Labute approximate surface area is 205 Å². The van der Waals surface area contributed by atoms with Crippen molar-refractivity contribution in [2.75, 3.05) is 16.3 Å². The fraction of sp³-hybridized carbons (Fsp3) is 0.500. The van der Waals surface area contributed by atoms with E-state index in [2.05, 4.69) is 19.5 Å². The molecule has 0 saturated heterocycles. The van der Waals surface area contributed by atoms with Crippen molar-refractivity contribution in [3.05, 3.63) is 39.8 Å². The number of rotatable bonds is 9. The zero-order valence-electron chi connectivity index (χ0n) is 20.4. The van der Waals surface area contributed by atoms with E-state index in [1.54, 1.807) is 0 Å². The summed E-state index contributed by atoms with van der Waals surface area (Å²) in [6.07, 6.45) is 2.72. The molecule has 3 rings (SSSR count). The van der Waals surface area contributed by atoms with Gasteiger partial charge in [0.25, 0.3) is 15.6 Å². The van der Waals surface area contributed by atoms with Crippen molar-refractivity contribution >= 4 is 37.3 Å². The maximum atomic E-state index is 13.3. The van der Waals surface area contributed by atoms with E-state index in [1.165, 1.54) is 16.8 Å². The standard InChI is InChI=1S/C22H31N5O6S2/c1-13(2)6-8-17-20(28)19(22(29)27(24-17)11-10-14(3)4)21-23-16-9-7-15(25-34(5,30)31)12-18(16)35(32,33)26-21/h7,9,12-14,25,28H,6,8,10-11H2,1-5H3,(H,23,26). The number of aromatic hydroxyl groups is 1. The van der Waals surface area contributed by atoms with Crippen LogP contribution >= 0.6 is 0 Å². The molecule has 0 atom stereocenters. The molecule has 3 N–H and O–H groups in total. The van der Waals surface area contributed by atoms with Crippen LogP contribution in [0.25, 0.3) is 0 Å². The summed E-state index contributed by atoms with van der Waals surface area (Å²) in [7, 11) is -7.94. The number of nitrogens with one attached hydrogen (secondary N) is 2. The Hall–Kier alpha value is -2.93. The summed E-state index contributed by atoms with van der Waals surface area (Å²) in [4.78, 5) is 13.0. The summed E-state index contributed by atoms with van der Waals surface area (Å²) in [6, 6.07) is 3.89. The second-order valence-corrected chi connectivity index (χ2v) is 12.8. The summed E-state index contributed by atoms with van der Waals surface area (Å²) >= 11 is 0. The van der Waals surface area contributed by atoms with E-state index >= 15 is 0 Å². The van der Waals surface area contributed by atoms with Crippen LogP contribution in [0.3, 0.4) is 0 Å². The van der Waals surface area contributed by atoms with Gasteiger partial charge in [-0.05, 0) is 49.3 Å². The lowest BCUT2D eigenvalue weighted by molar-refractivity contribution is 0.423. The highest BCUT2D eigenvalue weighted by Crippen LogP contribution is 2.32. The van der Waals surface area contributed by atoms with Crippen molar-refractivity contribution in [3.8, 4) is 5.75 Å². The quantitative estimate of drug-likeness (QED) is 0.450. The van der Waals surface area contributed by atoms with Crippen LogP contribution in [-0.2, 0) is 33.0 Å². The first-order chi connectivity index (χ1) is 16.2. The van der Waals surface area contributed by atoms with Gasteiger partial charge >= 0.3 is 0 Å². The van der Waals surface area contributed by atoms with E-state index in [0.717, 1.165) is 12.3 Å². The molecule has 0 aliphatic carbocycles. The van der Waals surface area contributed by atoms with Crippen LogP contribution in [0.5, 0.6) is 5.75 Å². The zero-order chi connectivity index (χ0) is 26.1. The number of hydrogen-bond acceptors (Lipinski definition) is 8. The van der Waals surface area contributed by atoms with Gasteiger partial charge in [-0.1, -0.05) is 27.7 Å². The van der Waals surface area contributed by atoms with E-state index in [0.29, 0.717) is 37.6 Å². The predicted molar refractivity (Wildman–Crippen MR) is 135 cm³/mol. The molecule has 13 heteroatoms. The molecule has 1 aromatic heterocycles. The van der Waals surface area contributed by atoms with Crippen molar-refractivity contribution < 1.29 is 21.9 Å². The Kier molecular flexibility index (Phi) is 7.60. The van der Waals surface area contributed by atoms with E-state index in [1.807, 2.05) is 27.7 Å². The molecule has 0 unspecified atom stereocenters. The average molecular weight is 526 g/mol. The Morgan fingerprint density at radius 1 is 1.14 bits per heavy atom. The predicted octanol–water partition coefficient (Wildman–Crippen LogP) is 2.52. The first kappa shape index (κ1) is 26.7. The highest BCUT2D eigenvalue weighted by atomic mass is 32.2. The Bertz CT molecular complexity index is 1430. The van der Waals surface area contributed by atoms with Crippen molar-refractivity contribution in [3.63, 3.8) is 0 Å². The van der Waals surface area contributed by atoms with Crippen molar-refractivity contribution in [1.29, 1.82) is 0 Å². The van der Waals surface area contributed by atoms with Gasteiger partial charge in [0.05, 0.1) is 11.9 Å². The van der Waals surface area contributed by atoms with Gasteiger partial charge in [0.2, 0.25) is 10.0 Å². The van der Waals surface area contributed by atoms with Crippen molar-refractivity contribution in [2.24, 2.45) is 16.2 Å². The summed E-state index contributed by atoms with van der Waals surface area (Å²) in [5.74, 6) is -0.0953. The normalized spacial score (nSPS) is 15.0. The lowest BCUT2D eigenvalue weighted by Gasteiger charge is -2.21. The number of anilines is 2. The largest absolute Gasteiger partial charge is 0.505 e. The van der Waals surface area contributed by atoms with Gasteiger partial charge in [0, 0.05) is 12.2 Å². The second kappa shape index (κ2) is 9.97. The van der Waals surface area contributed by atoms with Gasteiger partial charge in [-0.15, -0.1) is 4.40 Å². The number of aromatic nitrogens is 2. The molecule has 11 nitrogen and oxygen atoms in total. The second-order valence-electron chi connectivity index (χ2n) is 9.44. The van der Waals surface area contributed by atoms with Crippen LogP contribution in [0, 0.1) is 11.8 Å². The minimum Gasteiger partial charge on any atom is -0.505 e. The molecular formula is C22H31N5O6S2. The molecule has 0 spiro atoms. The molecule has 0 amide bonds. The minimum absolute atomic E-state index is 0.0500. The first-order valence-corrected chi connectivity index (χ1v) is 14.6. The number of sulfonamides is 2. The molecule has 35 heavy (non-hydrogen) atoms. The number of hydrogen-bond donors (Lipinski definition) is 3. The molecule has 1 aliphatic heterocycles. The number of fused-ring (bicyclic) bond motifs is 1. The SMILES string of the molecule is CC(C)CCc1nn(CCC(C)C)c(=O)c(C2=NS(=O)(=O)c3cc(NS(C)(=O)=O)ccc3N2)c1O. The number of nitrogens with zero attached hydrogens (tertiary/aromatic N) is 3. The third-order valence-electron chi connectivity index (χ3n) is 5.34. The molecule has 2 aromatic rings. The molecule has 1 aliphatic rings. The number of aryl methyl sites for hydroxylation is 2. The molecule has 1 aromatic carbocycles. The van der Waals surface area contributed by atoms with Crippen LogP contribution in [0.4, 0.5) is 11.4 Å². The third kappa shape index (κ3) is 6.40. The first-order valence-electron chi connectivity index (χ1n) is 11.2. The smallest absolute Gasteiger partial charge is 0.286 e. The van der Waals surface area contributed by atoms with Crippen molar-refractivity contribution in [1.82, 2.24) is 9.78 Å². The maximum Gasteiger partial charge on any atom is 0.286 e. The lowest BCUT2D eigenvalue weighted by Crippen LogP contribution is -2.35. The summed E-state index contributed by atoms with van der Waals surface area (Å²) in [5, 5.41) is 18.1. The van der Waals surface area contributed by atoms with Gasteiger partial charge in [-0.2, -0.15) is 13.5 Å². The fourth-order valence-electron chi connectivity index (χ4n) is 3.50. The average Bonchev–Trinajstić information content (AvgIpc) is 2.71. The van der Waals surface area contributed by atoms with E-state index < -0.39 is 31.4 Å². The molecular weight excluding hydrogens is 494 g/mol. The third-order valence-corrected chi connectivity index (χ3v) is 7.26. The van der Waals surface area contributed by atoms with Gasteiger partial charge in [-0.25, -0.2) is 13.1 Å². The topological polar surface area (TPSA) is 160 Å². The lowest BCUT2D eigenvalue weighted by atomic mass is 10.0. The number of amidine groups is 1. The Balaban J connectivity index is 2.13. The monoisotopic (exact) mass is 525 g/mol.